The summed E-state index contributed by atoms with van der Waals surface area (Å²) in [6.07, 6.45) is 3.35. The van der Waals surface area contributed by atoms with E-state index in [0.717, 1.165) is 6.42 Å². The Morgan fingerprint density at radius 2 is 2.23 bits per heavy atom. The van der Waals surface area contributed by atoms with Crippen molar-refractivity contribution in [1.29, 1.82) is 0 Å². The molecule has 1 unspecified atom stereocenters. The van der Waals surface area contributed by atoms with E-state index in [0.29, 0.717) is 12.2 Å². The summed E-state index contributed by atoms with van der Waals surface area (Å²) < 4.78 is 0. The fraction of sp³-hybridized carbons (Fsp3) is 0.889. The van der Waals surface area contributed by atoms with Gasteiger partial charge in [0.1, 0.15) is 0 Å². The van der Waals surface area contributed by atoms with Gasteiger partial charge in [-0.05, 0) is 26.0 Å². The maximum absolute atomic E-state index is 11.3. The van der Waals surface area contributed by atoms with Crippen LogP contribution in [0.4, 0.5) is 0 Å². The molecule has 0 saturated carbocycles. The van der Waals surface area contributed by atoms with Crippen LogP contribution in [0.25, 0.3) is 0 Å². The molecule has 2 N–H and O–H groups in total. The fourth-order valence-corrected chi connectivity index (χ4v) is 1.41. The van der Waals surface area contributed by atoms with Gasteiger partial charge in [0.25, 0.3) is 0 Å². The van der Waals surface area contributed by atoms with Crippen molar-refractivity contribution in [3.63, 3.8) is 0 Å². The second-order valence-corrected chi connectivity index (χ2v) is 4.24. The van der Waals surface area contributed by atoms with E-state index >= 15 is 0 Å². The monoisotopic (exact) mass is 205 g/mol. The Balaban J connectivity index is 4.02. The van der Waals surface area contributed by atoms with Crippen LogP contribution < -0.4 is 5.32 Å². The van der Waals surface area contributed by atoms with E-state index in [1.807, 2.05) is 20.1 Å². The molecule has 0 bridgehead atoms. The number of carbonyl (C=O) groups is 1. The van der Waals surface area contributed by atoms with Crippen LogP contribution in [0.2, 0.25) is 0 Å². The molecule has 3 nitrogen and oxygen atoms in total. The molecular formula is C9H19NO2S. The first-order valence-corrected chi connectivity index (χ1v) is 5.88. The van der Waals surface area contributed by atoms with Gasteiger partial charge in [-0.25, -0.2) is 0 Å². The quantitative estimate of drug-likeness (QED) is 0.680. The maximum atomic E-state index is 11.3. The number of hydrogen-bond donors (Lipinski definition) is 2. The predicted molar refractivity (Wildman–Crippen MR) is 56.9 cm³/mol. The molecule has 0 heterocycles. The average Bonchev–Trinajstić information content (AvgIpc) is 2.05. The summed E-state index contributed by atoms with van der Waals surface area (Å²) >= 11 is 1.50. The third kappa shape index (κ3) is 5.16. The summed E-state index contributed by atoms with van der Waals surface area (Å²) in [6.45, 7) is 4.08. The number of carbonyl (C=O) groups excluding carboxylic acids is 1. The molecule has 0 rings (SSSR count). The van der Waals surface area contributed by atoms with Gasteiger partial charge in [0, 0.05) is 12.1 Å². The molecule has 0 aromatic rings. The van der Waals surface area contributed by atoms with Crippen LogP contribution in [0, 0.1) is 0 Å². The number of aliphatic hydroxyl groups excluding tert-OH is 1. The Bertz CT molecular complexity index is 164. The lowest BCUT2D eigenvalue weighted by Crippen LogP contribution is -2.46. The zero-order valence-electron chi connectivity index (χ0n) is 8.59. The summed E-state index contributed by atoms with van der Waals surface area (Å²) in [4.78, 5) is 11.3. The molecule has 0 radical (unpaired) electrons. The van der Waals surface area contributed by atoms with Gasteiger partial charge in [0.15, 0.2) is 0 Å². The van der Waals surface area contributed by atoms with Crippen molar-refractivity contribution in [2.75, 3.05) is 18.6 Å². The van der Waals surface area contributed by atoms with E-state index in [2.05, 4.69) is 5.32 Å². The van der Waals surface area contributed by atoms with Gasteiger partial charge in [-0.3, -0.25) is 4.79 Å². The van der Waals surface area contributed by atoms with Gasteiger partial charge in [0.05, 0.1) is 5.75 Å². The van der Waals surface area contributed by atoms with Crippen molar-refractivity contribution < 1.29 is 9.90 Å². The highest BCUT2D eigenvalue weighted by atomic mass is 32.2. The smallest absolute Gasteiger partial charge is 0.230 e. The van der Waals surface area contributed by atoms with E-state index < -0.39 is 0 Å². The van der Waals surface area contributed by atoms with Gasteiger partial charge in [-0.15, -0.1) is 0 Å². The van der Waals surface area contributed by atoms with Crippen LogP contribution in [-0.2, 0) is 4.79 Å². The van der Waals surface area contributed by atoms with Gasteiger partial charge in [0.2, 0.25) is 5.91 Å². The lowest BCUT2D eigenvalue weighted by molar-refractivity contribution is -0.120. The first-order valence-electron chi connectivity index (χ1n) is 4.49. The number of thioether (sulfide) groups is 1. The zero-order chi connectivity index (χ0) is 10.3. The van der Waals surface area contributed by atoms with E-state index in [9.17, 15) is 4.79 Å². The number of aliphatic hydroxyl groups is 1. The van der Waals surface area contributed by atoms with Crippen LogP contribution in [0.15, 0.2) is 0 Å². The molecule has 4 heteroatoms. The number of hydrogen-bond acceptors (Lipinski definition) is 3. The minimum absolute atomic E-state index is 0.0466. The first kappa shape index (κ1) is 12.8. The third-order valence-corrected chi connectivity index (χ3v) is 2.71. The molecule has 0 saturated heterocycles. The first-order chi connectivity index (χ1) is 6.08. The van der Waals surface area contributed by atoms with Gasteiger partial charge < -0.3 is 10.4 Å². The van der Waals surface area contributed by atoms with Gasteiger partial charge in [-0.2, -0.15) is 11.8 Å². The van der Waals surface area contributed by atoms with E-state index in [-0.39, 0.29) is 18.1 Å². The SMILES string of the molecule is CCC(C)(CCO)NC(=O)CSC. The summed E-state index contributed by atoms with van der Waals surface area (Å²) in [6, 6.07) is 0. The predicted octanol–water partition coefficient (Wildman–Crippen LogP) is 1.02. The van der Waals surface area contributed by atoms with Crippen molar-refractivity contribution in [3.05, 3.63) is 0 Å². The normalized spacial score (nSPS) is 15.1. The van der Waals surface area contributed by atoms with Crippen LogP contribution >= 0.6 is 11.8 Å². The highest BCUT2D eigenvalue weighted by Gasteiger charge is 2.22. The Hall–Kier alpha value is -0.220. The summed E-state index contributed by atoms with van der Waals surface area (Å²) in [5.74, 6) is 0.534. The molecule has 0 fully saturated rings. The van der Waals surface area contributed by atoms with Crippen LogP contribution in [-0.4, -0.2) is 35.2 Å². The lowest BCUT2D eigenvalue weighted by Gasteiger charge is -2.28. The van der Waals surface area contributed by atoms with E-state index in [1.54, 1.807) is 0 Å². The van der Waals surface area contributed by atoms with Gasteiger partial charge in [-0.1, -0.05) is 6.92 Å². The van der Waals surface area contributed by atoms with Gasteiger partial charge >= 0.3 is 0 Å². The molecule has 0 aliphatic heterocycles. The molecule has 0 aromatic carbocycles. The average molecular weight is 205 g/mol. The molecular weight excluding hydrogens is 186 g/mol. The Morgan fingerprint density at radius 3 is 2.62 bits per heavy atom. The molecule has 0 aromatic heterocycles. The second kappa shape index (κ2) is 6.27. The van der Waals surface area contributed by atoms with Crippen LogP contribution in [0.3, 0.4) is 0 Å². The highest BCUT2D eigenvalue weighted by Crippen LogP contribution is 2.13. The van der Waals surface area contributed by atoms with Crippen molar-refractivity contribution in [3.8, 4) is 0 Å². The lowest BCUT2D eigenvalue weighted by atomic mass is 9.95. The standard InChI is InChI=1S/C9H19NO2S/c1-4-9(2,5-6-11)10-8(12)7-13-3/h11H,4-7H2,1-3H3,(H,10,12). The van der Waals surface area contributed by atoms with Crippen LogP contribution in [0.5, 0.6) is 0 Å². The van der Waals surface area contributed by atoms with Crippen molar-refractivity contribution >= 4 is 17.7 Å². The number of rotatable bonds is 6. The summed E-state index contributed by atoms with van der Waals surface area (Å²) in [5, 5.41) is 11.7. The molecule has 78 valence electrons. The highest BCUT2D eigenvalue weighted by molar-refractivity contribution is 7.99. The van der Waals surface area contributed by atoms with Crippen molar-refractivity contribution in [1.82, 2.24) is 5.32 Å². The zero-order valence-corrected chi connectivity index (χ0v) is 9.41. The molecule has 0 aliphatic rings. The molecule has 1 atom stereocenters. The fourth-order valence-electron chi connectivity index (χ4n) is 1.08. The molecule has 0 spiro atoms. The maximum Gasteiger partial charge on any atom is 0.230 e. The molecule has 1 amide bonds. The minimum atomic E-state index is -0.248. The van der Waals surface area contributed by atoms with Crippen molar-refractivity contribution in [2.45, 2.75) is 32.2 Å². The third-order valence-electron chi connectivity index (χ3n) is 2.16. The van der Waals surface area contributed by atoms with Crippen LogP contribution in [0.1, 0.15) is 26.7 Å². The number of amides is 1. The minimum Gasteiger partial charge on any atom is -0.396 e. The van der Waals surface area contributed by atoms with E-state index in [1.165, 1.54) is 11.8 Å². The van der Waals surface area contributed by atoms with Crippen molar-refractivity contribution in [2.24, 2.45) is 0 Å². The second-order valence-electron chi connectivity index (χ2n) is 3.37. The Morgan fingerprint density at radius 1 is 1.62 bits per heavy atom. The molecule has 13 heavy (non-hydrogen) atoms. The molecule has 0 aliphatic carbocycles. The summed E-state index contributed by atoms with van der Waals surface area (Å²) in [7, 11) is 0. The van der Waals surface area contributed by atoms with E-state index in [4.69, 9.17) is 5.11 Å². The number of nitrogens with one attached hydrogen (secondary N) is 1. The topological polar surface area (TPSA) is 49.3 Å². The Labute approximate surface area is 84.3 Å². The Kier molecular flexibility index (Phi) is 6.16. The summed E-state index contributed by atoms with van der Waals surface area (Å²) in [5.41, 5.74) is -0.248. The largest absolute Gasteiger partial charge is 0.396 e.